The zero-order valence-electron chi connectivity index (χ0n) is 11.0. The molecule has 5 heteroatoms. The standard InChI is InChI=1S/C15H17NO3Si/c17-20(18,19)11-5-10-16-14-8-3-1-6-12(14)13-7-2-4-9-15(13)16/h1-4,6-9,17-19H,5,10-11H2. The van der Waals surface area contributed by atoms with Crippen LogP contribution in [0.4, 0.5) is 0 Å². The molecule has 0 saturated carbocycles. The predicted octanol–water partition coefficient (Wildman–Crippen LogP) is 2.10. The lowest BCUT2D eigenvalue weighted by atomic mass is 10.2. The van der Waals surface area contributed by atoms with Crippen LogP contribution in [0, 0.1) is 0 Å². The highest BCUT2D eigenvalue weighted by Crippen LogP contribution is 2.29. The molecule has 0 aliphatic carbocycles. The van der Waals surface area contributed by atoms with Crippen molar-refractivity contribution in [1.29, 1.82) is 0 Å². The molecule has 104 valence electrons. The summed E-state index contributed by atoms with van der Waals surface area (Å²) in [7, 11) is -3.94. The van der Waals surface area contributed by atoms with E-state index in [-0.39, 0.29) is 6.04 Å². The first-order valence-corrected chi connectivity index (χ1v) is 8.74. The molecule has 0 spiro atoms. The molecule has 0 saturated heterocycles. The van der Waals surface area contributed by atoms with Crippen molar-refractivity contribution < 1.29 is 14.4 Å². The van der Waals surface area contributed by atoms with Gasteiger partial charge in [0, 0.05) is 34.4 Å². The summed E-state index contributed by atoms with van der Waals surface area (Å²) in [4.78, 5) is 27.3. The summed E-state index contributed by atoms with van der Waals surface area (Å²) in [6, 6.07) is 16.4. The van der Waals surface area contributed by atoms with Crippen molar-refractivity contribution in [3.63, 3.8) is 0 Å². The summed E-state index contributed by atoms with van der Waals surface area (Å²) in [5.41, 5.74) is 2.27. The number of para-hydroxylation sites is 2. The third-order valence-electron chi connectivity index (χ3n) is 3.57. The second-order valence-corrected chi connectivity index (χ2v) is 7.11. The highest BCUT2D eigenvalue weighted by molar-refractivity contribution is 6.56. The van der Waals surface area contributed by atoms with Gasteiger partial charge in [0.25, 0.3) is 0 Å². The number of fused-ring (bicyclic) bond motifs is 3. The summed E-state index contributed by atoms with van der Waals surface area (Å²) in [6.07, 6.45) is 0.540. The lowest BCUT2D eigenvalue weighted by Gasteiger charge is -2.11. The van der Waals surface area contributed by atoms with Crippen LogP contribution < -0.4 is 0 Å². The number of aryl methyl sites for hydroxylation is 1. The zero-order chi connectivity index (χ0) is 14.2. The van der Waals surface area contributed by atoms with Gasteiger partial charge >= 0.3 is 8.80 Å². The summed E-state index contributed by atoms with van der Waals surface area (Å²) >= 11 is 0. The summed E-state index contributed by atoms with van der Waals surface area (Å²) in [5, 5.41) is 2.40. The normalized spacial score (nSPS) is 12.3. The molecule has 20 heavy (non-hydrogen) atoms. The molecule has 1 heterocycles. The van der Waals surface area contributed by atoms with Crippen LogP contribution in [0.15, 0.2) is 48.5 Å². The third kappa shape index (κ3) is 2.48. The topological polar surface area (TPSA) is 65.6 Å². The van der Waals surface area contributed by atoms with Crippen molar-refractivity contribution >= 4 is 30.6 Å². The molecular formula is C15H17NO3Si. The van der Waals surface area contributed by atoms with Crippen molar-refractivity contribution in [2.45, 2.75) is 19.0 Å². The van der Waals surface area contributed by atoms with Crippen molar-refractivity contribution in [2.75, 3.05) is 0 Å². The minimum atomic E-state index is -3.94. The number of hydrogen-bond donors (Lipinski definition) is 3. The first kappa shape index (κ1) is 13.3. The average molecular weight is 287 g/mol. The van der Waals surface area contributed by atoms with Gasteiger partial charge < -0.3 is 19.0 Å². The van der Waals surface area contributed by atoms with Gasteiger partial charge in [0.1, 0.15) is 0 Å². The minimum Gasteiger partial charge on any atom is -0.390 e. The van der Waals surface area contributed by atoms with Gasteiger partial charge in [0.05, 0.1) is 0 Å². The number of aromatic nitrogens is 1. The second kappa shape index (κ2) is 5.03. The molecule has 2 aromatic carbocycles. The second-order valence-electron chi connectivity index (χ2n) is 5.06. The fraction of sp³-hybridized carbons (Fsp3) is 0.200. The van der Waals surface area contributed by atoms with Gasteiger partial charge in [-0.3, -0.25) is 0 Å². The minimum absolute atomic E-state index is 0.0633. The lowest BCUT2D eigenvalue weighted by molar-refractivity contribution is 0.225. The van der Waals surface area contributed by atoms with Gasteiger partial charge in [-0.2, -0.15) is 0 Å². The SMILES string of the molecule is O[Si](O)(O)CCCn1c2ccccc2c2ccccc21. The van der Waals surface area contributed by atoms with Crippen LogP contribution in [-0.2, 0) is 6.54 Å². The van der Waals surface area contributed by atoms with Crippen molar-refractivity contribution in [1.82, 2.24) is 4.57 Å². The Balaban J connectivity index is 2.03. The van der Waals surface area contributed by atoms with Crippen molar-refractivity contribution in [2.24, 2.45) is 0 Å². The van der Waals surface area contributed by atoms with E-state index in [1.54, 1.807) is 0 Å². The summed E-state index contributed by atoms with van der Waals surface area (Å²) in [5.74, 6) is 0. The third-order valence-corrected chi connectivity index (χ3v) is 4.60. The van der Waals surface area contributed by atoms with Gasteiger partial charge in [0.15, 0.2) is 0 Å². The van der Waals surface area contributed by atoms with Crippen molar-refractivity contribution in [3.05, 3.63) is 48.5 Å². The number of rotatable bonds is 4. The Morgan fingerprint density at radius 2 is 1.30 bits per heavy atom. The molecule has 0 atom stereocenters. The first-order chi connectivity index (χ1) is 9.56. The molecule has 0 amide bonds. The van der Waals surface area contributed by atoms with E-state index >= 15 is 0 Å². The Morgan fingerprint density at radius 3 is 1.80 bits per heavy atom. The number of hydrogen-bond acceptors (Lipinski definition) is 3. The maximum Gasteiger partial charge on any atom is 0.492 e. The van der Waals surface area contributed by atoms with E-state index in [9.17, 15) is 0 Å². The molecule has 0 aliphatic heterocycles. The van der Waals surface area contributed by atoms with Crippen LogP contribution in [0.5, 0.6) is 0 Å². The fourth-order valence-corrected chi connectivity index (χ4v) is 3.35. The monoisotopic (exact) mass is 287 g/mol. The van der Waals surface area contributed by atoms with E-state index in [2.05, 4.69) is 28.8 Å². The van der Waals surface area contributed by atoms with E-state index in [0.717, 1.165) is 11.0 Å². The van der Waals surface area contributed by atoms with Crippen LogP contribution in [0.1, 0.15) is 6.42 Å². The van der Waals surface area contributed by atoms with Crippen LogP contribution >= 0.6 is 0 Å². The highest BCUT2D eigenvalue weighted by Gasteiger charge is 2.25. The van der Waals surface area contributed by atoms with Crippen LogP contribution in [0.3, 0.4) is 0 Å². The van der Waals surface area contributed by atoms with Crippen LogP contribution in [-0.4, -0.2) is 27.8 Å². The molecule has 3 N–H and O–H groups in total. The fourth-order valence-electron chi connectivity index (χ4n) is 2.72. The summed E-state index contributed by atoms with van der Waals surface area (Å²) < 4.78 is 2.17. The maximum atomic E-state index is 9.11. The largest absolute Gasteiger partial charge is 0.492 e. The molecule has 0 aliphatic rings. The van der Waals surface area contributed by atoms with E-state index in [4.69, 9.17) is 14.4 Å². The Labute approximate surface area is 117 Å². The molecule has 4 nitrogen and oxygen atoms in total. The Hall–Kier alpha value is -1.66. The molecule has 3 aromatic rings. The van der Waals surface area contributed by atoms with Crippen LogP contribution in [0.2, 0.25) is 6.04 Å². The molecule has 0 unspecified atom stereocenters. The Morgan fingerprint density at radius 1 is 0.800 bits per heavy atom. The number of nitrogens with zero attached hydrogens (tertiary/aromatic N) is 1. The maximum absolute atomic E-state index is 9.11. The molecule has 0 fully saturated rings. The Bertz CT molecular complexity index is 692. The highest BCUT2D eigenvalue weighted by atomic mass is 28.4. The smallest absolute Gasteiger partial charge is 0.390 e. The van der Waals surface area contributed by atoms with E-state index in [1.807, 2.05) is 24.3 Å². The zero-order valence-corrected chi connectivity index (χ0v) is 12.0. The molecule has 0 bridgehead atoms. The molecule has 1 aromatic heterocycles. The van der Waals surface area contributed by atoms with Gasteiger partial charge in [-0.25, -0.2) is 0 Å². The van der Waals surface area contributed by atoms with E-state index < -0.39 is 8.80 Å². The van der Waals surface area contributed by atoms with Gasteiger partial charge in [0.2, 0.25) is 0 Å². The van der Waals surface area contributed by atoms with Crippen molar-refractivity contribution in [3.8, 4) is 0 Å². The number of benzene rings is 2. The first-order valence-electron chi connectivity index (χ1n) is 6.69. The quantitative estimate of drug-likeness (QED) is 0.644. The van der Waals surface area contributed by atoms with E-state index in [1.165, 1.54) is 10.8 Å². The summed E-state index contributed by atoms with van der Waals surface area (Å²) in [6.45, 7) is 0.657. The molecule has 3 rings (SSSR count). The van der Waals surface area contributed by atoms with Gasteiger partial charge in [-0.15, -0.1) is 0 Å². The van der Waals surface area contributed by atoms with Gasteiger partial charge in [-0.05, 0) is 18.6 Å². The lowest BCUT2D eigenvalue weighted by Crippen LogP contribution is -2.34. The predicted molar refractivity (Wildman–Crippen MR) is 81.3 cm³/mol. The molecule has 0 radical (unpaired) electrons. The van der Waals surface area contributed by atoms with Gasteiger partial charge in [-0.1, -0.05) is 36.4 Å². The molecular weight excluding hydrogens is 270 g/mol. The van der Waals surface area contributed by atoms with E-state index in [0.29, 0.717) is 13.0 Å². The average Bonchev–Trinajstić information content (AvgIpc) is 2.73. The van der Waals surface area contributed by atoms with Crippen LogP contribution in [0.25, 0.3) is 21.8 Å². The Kier molecular flexibility index (Phi) is 3.35.